The molecule has 3 aromatic rings. The molecule has 0 saturated carbocycles. The number of hydrogen-bond acceptors (Lipinski definition) is 3. The first-order chi connectivity index (χ1) is 9.25. The maximum Gasteiger partial charge on any atom is 0.0559 e. The number of benzene rings is 1. The molecule has 1 unspecified atom stereocenters. The molecule has 0 aliphatic carbocycles. The maximum absolute atomic E-state index is 6.40. The lowest BCUT2D eigenvalue weighted by molar-refractivity contribution is 0.873. The van der Waals surface area contributed by atoms with Crippen LogP contribution >= 0.6 is 0 Å². The van der Waals surface area contributed by atoms with Gasteiger partial charge in [-0.1, -0.05) is 18.2 Å². The average molecular weight is 249 g/mol. The summed E-state index contributed by atoms with van der Waals surface area (Å²) in [5.41, 5.74) is 9.58. The minimum Gasteiger partial charge on any atom is -0.320 e. The fraction of sp³-hybridized carbons (Fsp3) is 0.125. The van der Waals surface area contributed by atoms with Crippen molar-refractivity contribution in [2.75, 3.05) is 0 Å². The van der Waals surface area contributed by atoms with Gasteiger partial charge in [-0.15, -0.1) is 0 Å². The molecule has 0 aliphatic rings. The summed E-state index contributed by atoms with van der Waals surface area (Å²) in [6, 6.07) is 12.0. The zero-order chi connectivity index (χ0) is 13.2. The zero-order valence-electron chi connectivity index (χ0n) is 10.7. The number of aromatic nitrogens is 2. The van der Waals surface area contributed by atoms with E-state index in [2.05, 4.69) is 22.1 Å². The number of nitrogens with two attached hydrogens (primary N) is 1. The lowest BCUT2D eigenvalue weighted by Crippen LogP contribution is -2.12. The Morgan fingerprint density at radius 3 is 2.84 bits per heavy atom. The van der Waals surface area contributed by atoms with E-state index >= 15 is 0 Å². The smallest absolute Gasteiger partial charge is 0.0559 e. The van der Waals surface area contributed by atoms with Crippen molar-refractivity contribution >= 4 is 10.8 Å². The first-order valence-electron chi connectivity index (χ1n) is 6.26. The highest BCUT2D eigenvalue weighted by Crippen LogP contribution is 2.26. The molecule has 0 radical (unpaired) electrons. The largest absolute Gasteiger partial charge is 0.320 e. The van der Waals surface area contributed by atoms with Gasteiger partial charge in [0.2, 0.25) is 0 Å². The summed E-state index contributed by atoms with van der Waals surface area (Å²) in [5, 5.41) is 2.26. The molecule has 94 valence electrons. The van der Waals surface area contributed by atoms with Crippen LogP contribution in [0.15, 0.2) is 55.0 Å². The van der Waals surface area contributed by atoms with Crippen molar-refractivity contribution in [1.82, 2.24) is 9.97 Å². The van der Waals surface area contributed by atoms with Gasteiger partial charge in [0.1, 0.15) is 0 Å². The molecule has 0 bridgehead atoms. The molecule has 3 rings (SSSR count). The standard InChI is InChI=1S/C16H15N3/c1-11-9-12(5-8-19-11)16(17)15-4-2-3-13-10-18-7-6-14(13)15/h2-10,16H,17H2,1H3. The second kappa shape index (κ2) is 4.78. The van der Waals surface area contributed by atoms with E-state index in [4.69, 9.17) is 5.73 Å². The fourth-order valence-corrected chi connectivity index (χ4v) is 2.36. The van der Waals surface area contributed by atoms with Crippen molar-refractivity contribution in [3.8, 4) is 0 Å². The molecule has 0 aliphatic heterocycles. The van der Waals surface area contributed by atoms with Crippen LogP contribution in [-0.4, -0.2) is 9.97 Å². The van der Waals surface area contributed by atoms with Crippen LogP contribution < -0.4 is 5.73 Å². The van der Waals surface area contributed by atoms with Crippen LogP contribution in [0, 0.1) is 6.92 Å². The lowest BCUT2D eigenvalue weighted by Gasteiger charge is -2.15. The molecule has 2 heterocycles. The Kier molecular flexibility index (Phi) is 2.97. The molecule has 0 spiro atoms. The molecule has 0 amide bonds. The Labute approximate surface area is 112 Å². The van der Waals surface area contributed by atoms with E-state index in [0.29, 0.717) is 0 Å². The Hall–Kier alpha value is -2.26. The summed E-state index contributed by atoms with van der Waals surface area (Å²) >= 11 is 0. The van der Waals surface area contributed by atoms with E-state index in [-0.39, 0.29) is 6.04 Å². The van der Waals surface area contributed by atoms with E-state index in [1.165, 1.54) is 0 Å². The van der Waals surface area contributed by atoms with E-state index in [0.717, 1.165) is 27.6 Å². The van der Waals surface area contributed by atoms with Crippen molar-refractivity contribution < 1.29 is 0 Å². The molecule has 3 nitrogen and oxygen atoms in total. The third-order valence-corrected chi connectivity index (χ3v) is 3.33. The third kappa shape index (κ3) is 2.20. The number of pyridine rings is 2. The predicted octanol–water partition coefficient (Wildman–Crippen LogP) is 2.99. The number of fused-ring (bicyclic) bond motifs is 1. The Balaban J connectivity index is 2.14. The van der Waals surface area contributed by atoms with Crippen molar-refractivity contribution in [3.63, 3.8) is 0 Å². The lowest BCUT2D eigenvalue weighted by atomic mass is 9.95. The summed E-state index contributed by atoms with van der Waals surface area (Å²) in [6.07, 6.45) is 5.47. The molecule has 1 atom stereocenters. The van der Waals surface area contributed by atoms with Gasteiger partial charge in [-0.05, 0) is 41.6 Å². The first-order valence-corrected chi connectivity index (χ1v) is 6.26. The van der Waals surface area contributed by atoms with E-state index in [1.807, 2.05) is 37.4 Å². The number of hydrogen-bond donors (Lipinski definition) is 1. The third-order valence-electron chi connectivity index (χ3n) is 3.33. The highest BCUT2D eigenvalue weighted by Gasteiger charge is 2.12. The van der Waals surface area contributed by atoms with Gasteiger partial charge in [-0.3, -0.25) is 9.97 Å². The first kappa shape index (κ1) is 11.8. The Morgan fingerprint density at radius 1 is 1.11 bits per heavy atom. The highest BCUT2D eigenvalue weighted by molar-refractivity contribution is 5.85. The van der Waals surface area contributed by atoms with Crippen molar-refractivity contribution in [2.45, 2.75) is 13.0 Å². The van der Waals surface area contributed by atoms with Crippen LogP contribution in [-0.2, 0) is 0 Å². The molecule has 2 N–H and O–H groups in total. The number of nitrogens with zero attached hydrogens (tertiary/aromatic N) is 2. The summed E-state index contributed by atoms with van der Waals surface area (Å²) in [5.74, 6) is 0. The number of aryl methyl sites for hydroxylation is 1. The minimum atomic E-state index is -0.146. The van der Waals surface area contributed by atoms with Crippen LogP contribution in [0.4, 0.5) is 0 Å². The summed E-state index contributed by atoms with van der Waals surface area (Å²) < 4.78 is 0. The molecule has 1 aromatic carbocycles. The molecule has 0 saturated heterocycles. The molecule has 19 heavy (non-hydrogen) atoms. The van der Waals surface area contributed by atoms with Gasteiger partial charge in [0.25, 0.3) is 0 Å². The van der Waals surface area contributed by atoms with Gasteiger partial charge in [0, 0.05) is 29.7 Å². The molecular weight excluding hydrogens is 234 g/mol. The molecule has 2 aromatic heterocycles. The van der Waals surface area contributed by atoms with Gasteiger partial charge in [0.05, 0.1) is 6.04 Å². The highest BCUT2D eigenvalue weighted by atomic mass is 14.7. The summed E-state index contributed by atoms with van der Waals surface area (Å²) in [6.45, 7) is 1.98. The minimum absolute atomic E-state index is 0.146. The summed E-state index contributed by atoms with van der Waals surface area (Å²) in [7, 11) is 0. The van der Waals surface area contributed by atoms with Crippen molar-refractivity contribution in [3.05, 3.63) is 71.8 Å². The average Bonchev–Trinajstić information content (AvgIpc) is 2.46. The van der Waals surface area contributed by atoms with E-state index < -0.39 is 0 Å². The van der Waals surface area contributed by atoms with Crippen molar-refractivity contribution in [1.29, 1.82) is 0 Å². The SMILES string of the molecule is Cc1cc(C(N)c2cccc3cnccc23)ccn1. The van der Waals surface area contributed by atoms with Gasteiger partial charge >= 0.3 is 0 Å². The normalized spacial score (nSPS) is 12.5. The molecular formula is C16H15N3. The zero-order valence-corrected chi connectivity index (χ0v) is 10.7. The fourth-order valence-electron chi connectivity index (χ4n) is 2.36. The van der Waals surface area contributed by atoms with Crippen LogP contribution in [0.1, 0.15) is 22.9 Å². The second-order valence-electron chi connectivity index (χ2n) is 4.65. The predicted molar refractivity (Wildman–Crippen MR) is 76.7 cm³/mol. The Bertz CT molecular complexity index is 717. The molecule has 3 heteroatoms. The van der Waals surface area contributed by atoms with Crippen LogP contribution in [0.2, 0.25) is 0 Å². The van der Waals surface area contributed by atoms with Crippen LogP contribution in [0.5, 0.6) is 0 Å². The van der Waals surface area contributed by atoms with Gasteiger partial charge in [-0.2, -0.15) is 0 Å². The molecule has 0 fully saturated rings. The topological polar surface area (TPSA) is 51.8 Å². The number of rotatable bonds is 2. The van der Waals surface area contributed by atoms with Crippen molar-refractivity contribution in [2.24, 2.45) is 5.73 Å². The Morgan fingerprint density at radius 2 is 2.00 bits per heavy atom. The van der Waals surface area contributed by atoms with Gasteiger partial charge in [-0.25, -0.2) is 0 Å². The van der Waals surface area contributed by atoms with Crippen LogP contribution in [0.25, 0.3) is 10.8 Å². The van der Waals surface area contributed by atoms with E-state index in [1.54, 1.807) is 12.4 Å². The second-order valence-corrected chi connectivity index (χ2v) is 4.65. The summed E-state index contributed by atoms with van der Waals surface area (Å²) in [4.78, 5) is 8.36. The maximum atomic E-state index is 6.40. The van der Waals surface area contributed by atoms with Crippen LogP contribution in [0.3, 0.4) is 0 Å². The quantitative estimate of drug-likeness (QED) is 0.759. The van der Waals surface area contributed by atoms with E-state index in [9.17, 15) is 0 Å². The van der Waals surface area contributed by atoms with Gasteiger partial charge in [0.15, 0.2) is 0 Å². The van der Waals surface area contributed by atoms with Gasteiger partial charge < -0.3 is 5.73 Å². The monoisotopic (exact) mass is 249 g/mol.